The number of allylic oxidation sites excluding steroid dienone is 5. The van der Waals surface area contributed by atoms with Crippen molar-refractivity contribution in [3.8, 4) is 11.5 Å². The highest BCUT2D eigenvalue weighted by molar-refractivity contribution is 14.2. The lowest BCUT2D eigenvalue weighted by atomic mass is 10.1. The number of rotatable bonds is 9. The van der Waals surface area contributed by atoms with E-state index in [0.717, 1.165) is 27.8 Å². The third-order valence-corrected chi connectivity index (χ3v) is 4.70. The second kappa shape index (κ2) is 14.8. The molecule has 2 rings (SSSR count). The summed E-state index contributed by atoms with van der Waals surface area (Å²) in [5.74, 6) is 0.961. The van der Waals surface area contributed by atoms with Gasteiger partial charge in [-0.1, -0.05) is 36.9 Å². The van der Waals surface area contributed by atoms with Gasteiger partial charge in [-0.2, -0.15) is 0 Å². The second-order valence-electron chi connectivity index (χ2n) is 6.00. The molecule has 0 unspecified atom stereocenters. The molecule has 0 heterocycles. The van der Waals surface area contributed by atoms with Gasteiger partial charge in [0.2, 0.25) is 0 Å². The van der Waals surface area contributed by atoms with E-state index in [4.69, 9.17) is 4.74 Å². The first-order valence-corrected chi connectivity index (χ1v) is 11.1. The SMILES string of the molecule is C=C(/C=C\C=C(/C)I=O)c1ccc(Oc2ccc(F)cc2)cc1.CNCCNC. The first-order chi connectivity index (χ1) is 14.0. The molecule has 0 saturated heterocycles. The van der Waals surface area contributed by atoms with Gasteiger partial charge in [-0.15, -0.1) is 0 Å². The number of nitrogens with one attached hydrogen (secondary N) is 2. The van der Waals surface area contributed by atoms with Gasteiger partial charge < -0.3 is 15.4 Å². The van der Waals surface area contributed by atoms with E-state index >= 15 is 0 Å². The molecule has 2 aromatic carbocycles. The van der Waals surface area contributed by atoms with Gasteiger partial charge in [0.15, 0.2) is 21.2 Å². The van der Waals surface area contributed by atoms with Crippen LogP contribution in [0.4, 0.5) is 4.39 Å². The van der Waals surface area contributed by atoms with Crippen molar-refractivity contribution >= 4 is 26.8 Å². The number of hydrogen-bond donors (Lipinski definition) is 2. The Labute approximate surface area is 183 Å². The zero-order chi connectivity index (χ0) is 21.5. The summed E-state index contributed by atoms with van der Waals surface area (Å²) < 4.78 is 30.1. The predicted octanol–water partition coefficient (Wildman–Crippen LogP) is 5.83. The summed E-state index contributed by atoms with van der Waals surface area (Å²) in [7, 11) is 3.88. The van der Waals surface area contributed by atoms with Crippen LogP contribution in [0.3, 0.4) is 0 Å². The fourth-order valence-corrected chi connectivity index (χ4v) is 2.40. The monoisotopic (exact) mass is 510 g/mol. The number of hydrogen-bond acceptors (Lipinski definition) is 4. The van der Waals surface area contributed by atoms with Crippen LogP contribution in [0.15, 0.2) is 76.9 Å². The van der Waals surface area contributed by atoms with Crippen molar-refractivity contribution in [3.05, 3.63) is 88.3 Å². The summed E-state index contributed by atoms with van der Waals surface area (Å²) in [6, 6.07) is 13.4. The Kier molecular flexibility index (Phi) is 12.7. The Morgan fingerprint density at radius 1 is 1.03 bits per heavy atom. The molecule has 0 bridgehead atoms. The van der Waals surface area contributed by atoms with E-state index in [1.54, 1.807) is 12.1 Å². The van der Waals surface area contributed by atoms with E-state index < -0.39 is 21.2 Å². The first-order valence-electron chi connectivity index (χ1n) is 9.14. The smallest absolute Gasteiger partial charge is 0.177 e. The molecule has 0 atom stereocenters. The lowest BCUT2D eigenvalue weighted by Crippen LogP contribution is -2.21. The Morgan fingerprint density at radius 2 is 1.55 bits per heavy atom. The maximum atomic E-state index is 12.9. The van der Waals surface area contributed by atoms with Crippen LogP contribution in [0.25, 0.3) is 5.57 Å². The molecule has 0 saturated carbocycles. The van der Waals surface area contributed by atoms with Crippen molar-refractivity contribution in [2.75, 3.05) is 27.2 Å². The lowest BCUT2D eigenvalue weighted by molar-refractivity contribution is 0.480. The van der Waals surface area contributed by atoms with Gasteiger partial charge >= 0.3 is 0 Å². The van der Waals surface area contributed by atoms with Crippen LogP contribution in [-0.2, 0) is 3.07 Å². The van der Waals surface area contributed by atoms with Gasteiger partial charge in [-0.05, 0) is 68.6 Å². The van der Waals surface area contributed by atoms with E-state index in [9.17, 15) is 7.46 Å². The average molecular weight is 510 g/mol. The van der Waals surface area contributed by atoms with Crippen molar-refractivity contribution in [2.24, 2.45) is 0 Å². The lowest BCUT2D eigenvalue weighted by Gasteiger charge is -2.07. The fraction of sp³-hybridized carbons (Fsp3) is 0.217. The van der Waals surface area contributed by atoms with Crippen LogP contribution in [0, 0.1) is 5.82 Å². The maximum Gasteiger partial charge on any atom is 0.177 e. The molecule has 6 heteroatoms. The molecule has 29 heavy (non-hydrogen) atoms. The fourth-order valence-electron chi connectivity index (χ4n) is 2.04. The molecule has 0 aromatic heterocycles. The van der Waals surface area contributed by atoms with E-state index in [1.165, 1.54) is 12.1 Å². The Bertz CT molecular complexity index is 812. The highest BCUT2D eigenvalue weighted by atomic mass is 127. The number of benzene rings is 2. The molecular weight excluding hydrogens is 482 g/mol. The molecule has 0 aliphatic carbocycles. The quantitative estimate of drug-likeness (QED) is 0.253. The predicted molar refractivity (Wildman–Crippen MR) is 127 cm³/mol. The molecule has 2 aromatic rings. The second-order valence-corrected chi connectivity index (χ2v) is 8.14. The highest BCUT2D eigenvalue weighted by Gasteiger charge is 2.00. The van der Waals surface area contributed by atoms with Gasteiger partial charge in [0.25, 0.3) is 0 Å². The standard InChI is InChI=1S/C19H16FIO2.C4H12N2/c1-14(4-3-5-15(2)21-22)16-6-10-18(11-7-16)23-19-12-8-17(20)9-13-19;1-5-3-4-6-2/h3-13H,1H2,2H3;5-6H,3-4H2,1-2H3/b4-3-,15-5+;. The summed E-state index contributed by atoms with van der Waals surface area (Å²) >= 11 is -1.08. The third-order valence-electron chi connectivity index (χ3n) is 3.64. The van der Waals surface area contributed by atoms with Crippen LogP contribution < -0.4 is 15.4 Å². The largest absolute Gasteiger partial charge is 0.457 e. The summed E-state index contributed by atoms with van der Waals surface area (Å²) in [5.41, 5.74) is 1.82. The van der Waals surface area contributed by atoms with E-state index in [1.807, 2.05) is 63.5 Å². The van der Waals surface area contributed by atoms with Crippen LogP contribution in [0.2, 0.25) is 0 Å². The minimum atomic E-state index is -1.08. The summed E-state index contributed by atoms with van der Waals surface area (Å²) in [4.78, 5) is 0. The average Bonchev–Trinajstić information content (AvgIpc) is 2.74. The van der Waals surface area contributed by atoms with E-state index in [-0.39, 0.29) is 5.82 Å². The van der Waals surface area contributed by atoms with Crippen molar-refractivity contribution in [2.45, 2.75) is 6.92 Å². The van der Waals surface area contributed by atoms with Gasteiger partial charge in [0.05, 0.1) is 0 Å². The highest BCUT2D eigenvalue weighted by Crippen LogP contribution is 2.24. The summed E-state index contributed by atoms with van der Waals surface area (Å²) in [6.45, 7) is 7.95. The van der Waals surface area contributed by atoms with E-state index in [0.29, 0.717) is 11.5 Å². The molecule has 0 aliphatic heterocycles. The maximum absolute atomic E-state index is 12.9. The minimum Gasteiger partial charge on any atom is -0.457 e. The Balaban J connectivity index is 0.000000612. The molecule has 0 aliphatic rings. The van der Waals surface area contributed by atoms with Crippen molar-refractivity contribution in [3.63, 3.8) is 0 Å². The molecule has 0 radical (unpaired) electrons. The van der Waals surface area contributed by atoms with Gasteiger partial charge in [0, 0.05) is 16.7 Å². The minimum absolute atomic E-state index is 0.292. The Morgan fingerprint density at radius 3 is 2.03 bits per heavy atom. The number of likely N-dealkylation sites (N-methyl/N-ethyl adjacent to an activating group) is 2. The molecule has 0 fully saturated rings. The molecule has 2 N–H and O–H groups in total. The molecule has 156 valence electrons. The van der Waals surface area contributed by atoms with Crippen molar-refractivity contribution in [1.29, 1.82) is 0 Å². The van der Waals surface area contributed by atoms with Crippen molar-refractivity contribution < 1.29 is 12.2 Å². The molecular formula is C23H28FIN2O2. The van der Waals surface area contributed by atoms with Crippen molar-refractivity contribution in [1.82, 2.24) is 10.6 Å². The molecule has 0 spiro atoms. The summed E-state index contributed by atoms with van der Waals surface area (Å²) in [6.07, 6.45) is 5.55. The number of ether oxygens (including phenoxy) is 1. The zero-order valence-electron chi connectivity index (χ0n) is 17.0. The van der Waals surface area contributed by atoms with Gasteiger partial charge in [-0.3, -0.25) is 3.07 Å². The normalized spacial score (nSPS) is 11.1. The van der Waals surface area contributed by atoms with Gasteiger partial charge in [0.1, 0.15) is 17.3 Å². The van der Waals surface area contributed by atoms with Crippen LogP contribution in [0.1, 0.15) is 12.5 Å². The van der Waals surface area contributed by atoms with Crippen LogP contribution in [-0.4, -0.2) is 27.2 Å². The van der Waals surface area contributed by atoms with Crippen LogP contribution >= 0.6 is 21.2 Å². The topological polar surface area (TPSA) is 50.4 Å². The number of halogens is 2. The molecule has 0 amide bonds. The van der Waals surface area contributed by atoms with Gasteiger partial charge in [-0.25, -0.2) is 4.39 Å². The van der Waals surface area contributed by atoms with E-state index in [2.05, 4.69) is 17.2 Å². The summed E-state index contributed by atoms with van der Waals surface area (Å²) in [5, 5.41) is 6.01. The van der Waals surface area contributed by atoms with Crippen LogP contribution in [0.5, 0.6) is 11.5 Å². The Hall–Kier alpha value is -2.16. The first kappa shape index (κ1) is 24.9. The third kappa shape index (κ3) is 10.8. The molecule has 4 nitrogen and oxygen atoms in total. The zero-order valence-corrected chi connectivity index (χ0v) is 19.2.